The standard InChI is InChI=1S/C23H32N4O2S.HI/c1-24-23(25-15-19-18-6-3-2-5-17(18)8-9-21(19)28)26-16-20(22-7-4-14-30-22)27-10-12-29-13-11-27;/h4,7-9,14,20,28H,2-3,5-6,10-13,15-16H2,1H3,(H2,24,25,26);1H. The molecule has 1 aliphatic heterocycles. The summed E-state index contributed by atoms with van der Waals surface area (Å²) in [5, 5.41) is 19.5. The number of ether oxygens (including phenoxy) is 1. The number of aromatic hydroxyl groups is 1. The first-order valence-corrected chi connectivity index (χ1v) is 11.8. The van der Waals surface area contributed by atoms with E-state index in [0.29, 0.717) is 18.3 Å². The lowest BCUT2D eigenvalue weighted by molar-refractivity contribution is 0.0177. The van der Waals surface area contributed by atoms with Crippen molar-refractivity contribution in [2.24, 2.45) is 4.99 Å². The first kappa shape index (κ1) is 24.3. The van der Waals surface area contributed by atoms with E-state index in [1.165, 1.54) is 28.8 Å². The molecule has 2 aliphatic rings. The van der Waals surface area contributed by atoms with Crippen molar-refractivity contribution in [3.63, 3.8) is 0 Å². The largest absolute Gasteiger partial charge is 0.508 e. The van der Waals surface area contributed by atoms with Gasteiger partial charge in [-0.3, -0.25) is 9.89 Å². The topological polar surface area (TPSA) is 69.1 Å². The Kier molecular flexibility index (Phi) is 9.43. The number of phenols is 1. The number of thiophene rings is 1. The second-order valence-electron chi connectivity index (χ2n) is 7.89. The van der Waals surface area contributed by atoms with Gasteiger partial charge in [0.1, 0.15) is 5.75 Å². The molecule has 1 unspecified atom stereocenters. The summed E-state index contributed by atoms with van der Waals surface area (Å²) in [6.45, 7) is 4.82. The number of rotatable bonds is 6. The summed E-state index contributed by atoms with van der Waals surface area (Å²) in [7, 11) is 1.80. The van der Waals surface area contributed by atoms with Crippen LogP contribution >= 0.6 is 35.3 Å². The lowest BCUT2D eigenvalue weighted by Gasteiger charge is -2.34. The lowest BCUT2D eigenvalue weighted by Crippen LogP contribution is -2.46. The van der Waals surface area contributed by atoms with Crippen LogP contribution in [0.4, 0.5) is 0 Å². The SMILES string of the molecule is CN=C(NCc1c(O)ccc2c1CCCC2)NCC(c1cccs1)N1CCOCC1.I. The number of aliphatic imine (C=N–C) groups is 1. The van der Waals surface area contributed by atoms with Gasteiger partial charge in [-0.25, -0.2) is 0 Å². The first-order valence-electron chi connectivity index (χ1n) is 10.9. The molecule has 2 aromatic rings. The number of fused-ring (bicyclic) bond motifs is 1. The van der Waals surface area contributed by atoms with Gasteiger partial charge in [-0.15, -0.1) is 35.3 Å². The highest BCUT2D eigenvalue weighted by Gasteiger charge is 2.24. The lowest BCUT2D eigenvalue weighted by atomic mass is 9.88. The zero-order valence-electron chi connectivity index (χ0n) is 18.1. The summed E-state index contributed by atoms with van der Waals surface area (Å²) in [5.41, 5.74) is 3.70. The molecule has 0 saturated carbocycles. The van der Waals surface area contributed by atoms with E-state index in [4.69, 9.17) is 4.74 Å². The summed E-state index contributed by atoms with van der Waals surface area (Å²) in [6, 6.07) is 8.53. The second-order valence-corrected chi connectivity index (χ2v) is 8.87. The average molecular weight is 557 g/mol. The normalized spacial score (nSPS) is 18.0. The maximum atomic E-state index is 10.4. The van der Waals surface area contributed by atoms with Gasteiger partial charge in [0.05, 0.1) is 19.3 Å². The van der Waals surface area contributed by atoms with Gasteiger partial charge < -0.3 is 20.5 Å². The van der Waals surface area contributed by atoms with E-state index in [1.54, 1.807) is 18.4 Å². The molecule has 6 nitrogen and oxygen atoms in total. The van der Waals surface area contributed by atoms with Crippen LogP contribution < -0.4 is 10.6 Å². The minimum Gasteiger partial charge on any atom is -0.508 e. The molecule has 1 saturated heterocycles. The predicted molar refractivity (Wildman–Crippen MR) is 138 cm³/mol. The third-order valence-electron chi connectivity index (χ3n) is 6.10. The van der Waals surface area contributed by atoms with Crippen LogP contribution in [-0.4, -0.2) is 55.9 Å². The van der Waals surface area contributed by atoms with Crippen LogP contribution in [-0.2, 0) is 24.1 Å². The summed E-state index contributed by atoms with van der Waals surface area (Å²) in [6.07, 6.45) is 4.58. The van der Waals surface area contributed by atoms with Crippen LogP contribution in [0, 0.1) is 0 Å². The van der Waals surface area contributed by atoms with Crippen LogP contribution in [0.1, 0.15) is 40.5 Å². The van der Waals surface area contributed by atoms with Gasteiger partial charge in [-0.2, -0.15) is 0 Å². The highest BCUT2D eigenvalue weighted by molar-refractivity contribution is 14.0. The number of hydrogen-bond acceptors (Lipinski definition) is 5. The first-order chi connectivity index (χ1) is 14.8. The Morgan fingerprint density at radius 2 is 2.00 bits per heavy atom. The Hall–Kier alpha value is -1.36. The van der Waals surface area contributed by atoms with Crippen molar-refractivity contribution in [2.45, 2.75) is 38.3 Å². The van der Waals surface area contributed by atoms with Gasteiger partial charge in [0.25, 0.3) is 0 Å². The van der Waals surface area contributed by atoms with E-state index in [0.717, 1.165) is 57.2 Å². The van der Waals surface area contributed by atoms with E-state index in [-0.39, 0.29) is 24.0 Å². The third-order valence-corrected chi connectivity index (χ3v) is 7.08. The molecular formula is C23H33IN4O2S. The Bertz CT molecular complexity index is 854. The zero-order valence-corrected chi connectivity index (χ0v) is 21.2. The van der Waals surface area contributed by atoms with Crippen molar-refractivity contribution in [3.05, 3.63) is 51.2 Å². The van der Waals surface area contributed by atoms with E-state index >= 15 is 0 Å². The average Bonchev–Trinajstić information content (AvgIpc) is 3.32. The number of morpholine rings is 1. The van der Waals surface area contributed by atoms with Crippen LogP contribution in [0.5, 0.6) is 5.75 Å². The van der Waals surface area contributed by atoms with Crippen molar-refractivity contribution >= 4 is 41.3 Å². The molecule has 2 heterocycles. The van der Waals surface area contributed by atoms with Crippen LogP contribution in [0.15, 0.2) is 34.6 Å². The molecule has 4 rings (SSSR count). The van der Waals surface area contributed by atoms with Crippen LogP contribution in [0.25, 0.3) is 0 Å². The monoisotopic (exact) mass is 556 g/mol. The van der Waals surface area contributed by atoms with E-state index in [2.05, 4.69) is 44.1 Å². The number of hydrogen-bond donors (Lipinski definition) is 3. The minimum absolute atomic E-state index is 0. The molecule has 170 valence electrons. The molecule has 0 amide bonds. The fraction of sp³-hybridized carbons (Fsp3) is 0.522. The molecule has 3 N–H and O–H groups in total. The molecule has 0 bridgehead atoms. The van der Waals surface area contributed by atoms with Gasteiger partial charge >= 0.3 is 0 Å². The maximum Gasteiger partial charge on any atom is 0.191 e. The smallest absolute Gasteiger partial charge is 0.191 e. The number of phenolic OH excluding ortho intramolecular Hbond substituents is 1. The van der Waals surface area contributed by atoms with Crippen molar-refractivity contribution < 1.29 is 9.84 Å². The van der Waals surface area contributed by atoms with E-state index < -0.39 is 0 Å². The van der Waals surface area contributed by atoms with E-state index in [9.17, 15) is 5.11 Å². The Morgan fingerprint density at radius 3 is 2.74 bits per heavy atom. The van der Waals surface area contributed by atoms with Gasteiger partial charge in [0, 0.05) is 43.7 Å². The molecule has 1 aromatic carbocycles. The van der Waals surface area contributed by atoms with Crippen molar-refractivity contribution in [1.82, 2.24) is 15.5 Å². The summed E-state index contributed by atoms with van der Waals surface area (Å²) in [4.78, 5) is 8.25. The number of nitrogens with zero attached hydrogens (tertiary/aromatic N) is 2. The van der Waals surface area contributed by atoms with Gasteiger partial charge in [-0.1, -0.05) is 12.1 Å². The van der Waals surface area contributed by atoms with Crippen molar-refractivity contribution in [2.75, 3.05) is 39.9 Å². The zero-order chi connectivity index (χ0) is 20.8. The van der Waals surface area contributed by atoms with Crippen molar-refractivity contribution in [1.29, 1.82) is 0 Å². The molecule has 1 fully saturated rings. The molecule has 1 aliphatic carbocycles. The summed E-state index contributed by atoms with van der Waals surface area (Å²) in [5.74, 6) is 1.14. The van der Waals surface area contributed by atoms with Crippen LogP contribution in [0.3, 0.4) is 0 Å². The predicted octanol–water partition coefficient (Wildman–Crippen LogP) is 3.69. The number of guanidine groups is 1. The molecule has 1 aromatic heterocycles. The quantitative estimate of drug-likeness (QED) is 0.288. The summed E-state index contributed by atoms with van der Waals surface area (Å²) >= 11 is 1.80. The number of aryl methyl sites for hydroxylation is 1. The van der Waals surface area contributed by atoms with Crippen LogP contribution in [0.2, 0.25) is 0 Å². The highest BCUT2D eigenvalue weighted by Crippen LogP contribution is 2.30. The Morgan fingerprint density at radius 1 is 1.19 bits per heavy atom. The molecule has 8 heteroatoms. The molecular weight excluding hydrogens is 523 g/mol. The number of halogens is 1. The Balaban J connectivity index is 0.00000272. The maximum absolute atomic E-state index is 10.4. The molecule has 0 radical (unpaired) electrons. The third kappa shape index (κ3) is 6.12. The van der Waals surface area contributed by atoms with Gasteiger partial charge in [0.15, 0.2) is 5.96 Å². The minimum atomic E-state index is 0. The van der Waals surface area contributed by atoms with Crippen molar-refractivity contribution in [3.8, 4) is 5.75 Å². The second kappa shape index (κ2) is 12.0. The number of nitrogens with one attached hydrogen (secondary N) is 2. The van der Waals surface area contributed by atoms with E-state index in [1.807, 2.05) is 6.07 Å². The van der Waals surface area contributed by atoms with Gasteiger partial charge in [0.2, 0.25) is 0 Å². The molecule has 0 spiro atoms. The van der Waals surface area contributed by atoms with Gasteiger partial charge in [-0.05, 0) is 54.3 Å². The summed E-state index contributed by atoms with van der Waals surface area (Å²) < 4.78 is 5.54. The molecule has 31 heavy (non-hydrogen) atoms. The highest BCUT2D eigenvalue weighted by atomic mass is 127. The fourth-order valence-corrected chi connectivity index (χ4v) is 5.32. The fourth-order valence-electron chi connectivity index (χ4n) is 4.45. The number of benzene rings is 1. The Labute approximate surface area is 206 Å². The molecule has 1 atom stereocenters.